The van der Waals surface area contributed by atoms with E-state index < -0.39 is 0 Å². The molecule has 5 nitrogen and oxygen atoms in total. The molecule has 0 aliphatic heterocycles. The van der Waals surface area contributed by atoms with E-state index in [4.69, 9.17) is 17.3 Å². The minimum atomic E-state index is -0.296. The molecule has 6 heteroatoms. The number of rotatable bonds is 5. The second-order valence-electron chi connectivity index (χ2n) is 3.20. The monoisotopic (exact) mass is 230 g/mol. The van der Waals surface area contributed by atoms with Crippen LogP contribution < -0.4 is 11.1 Å². The summed E-state index contributed by atoms with van der Waals surface area (Å²) in [6.07, 6.45) is 2.54. The van der Waals surface area contributed by atoms with Gasteiger partial charge in [0.1, 0.15) is 10.8 Å². The van der Waals surface area contributed by atoms with E-state index in [2.05, 4.69) is 15.3 Å². The second-order valence-corrected chi connectivity index (χ2v) is 3.61. The normalized spacial score (nSPS) is 12.5. The van der Waals surface area contributed by atoms with Crippen molar-refractivity contribution in [2.45, 2.75) is 25.9 Å². The molecule has 0 bridgehead atoms. The summed E-state index contributed by atoms with van der Waals surface area (Å²) in [5.41, 5.74) is 5.41. The van der Waals surface area contributed by atoms with Gasteiger partial charge in [-0.15, -0.1) is 0 Å². The first-order chi connectivity index (χ1) is 7.13. The summed E-state index contributed by atoms with van der Waals surface area (Å²) < 4.78 is 0. The first kappa shape index (κ1) is 12.0. The third kappa shape index (κ3) is 3.89. The summed E-state index contributed by atoms with van der Waals surface area (Å²) in [6.45, 7) is 2.53. The van der Waals surface area contributed by atoms with Crippen LogP contribution in [0.2, 0.25) is 5.02 Å². The number of nitrogen functional groups attached to an aromatic ring is 1. The van der Waals surface area contributed by atoms with Crippen molar-refractivity contribution in [2.24, 2.45) is 0 Å². The first-order valence-corrected chi connectivity index (χ1v) is 5.21. The van der Waals surface area contributed by atoms with E-state index in [1.807, 2.05) is 6.92 Å². The fourth-order valence-corrected chi connectivity index (χ4v) is 1.22. The predicted octanol–water partition coefficient (Wildman–Crippen LogP) is 1.29. The molecular weight excluding hydrogens is 216 g/mol. The first-order valence-electron chi connectivity index (χ1n) is 4.83. The van der Waals surface area contributed by atoms with E-state index >= 15 is 0 Å². The molecular formula is C9H15ClN4O. The number of nitrogens with two attached hydrogens (primary N) is 1. The number of nitrogens with one attached hydrogen (secondary N) is 1. The zero-order valence-corrected chi connectivity index (χ0v) is 9.33. The van der Waals surface area contributed by atoms with Gasteiger partial charge in [-0.2, -0.15) is 4.98 Å². The van der Waals surface area contributed by atoms with Crippen LogP contribution in [0.15, 0.2) is 6.20 Å². The standard InChI is InChI=1S/C9H15ClN4O/c1-2-6(15)3-4-12-8-7(10)5-13-9(11)14-8/h5-6,15H,2-4H2,1H3,(H3,11,12,13,14). The highest BCUT2D eigenvalue weighted by Gasteiger charge is 2.04. The molecule has 1 aromatic heterocycles. The molecule has 0 saturated carbocycles. The van der Waals surface area contributed by atoms with E-state index in [9.17, 15) is 5.11 Å². The van der Waals surface area contributed by atoms with Crippen molar-refractivity contribution in [1.29, 1.82) is 0 Å². The molecule has 1 rings (SSSR count). The van der Waals surface area contributed by atoms with Gasteiger partial charge in [-0.3, -0.25) is 0 Å². The van der Waals surface area contributed by atoms with Crippen molar-refractivity contribution in [3.05, 3.63) is 11.2 Å². The molecule has 0 spiro atoms. The van der Waals surface area contributed by atoms with Gasteiger partial charge in [0.2, 0.25) is 5.95 Å². The van der Waals surface area contributed by atoms with Crippen molar-refractivity contribution < 1.29 is 5.11 Å². The largest absolute Gasteiger partial charge is 0.393 e. The summed E-state index contributed by atoms with van der Waals surface area (Å²) in [5, 5.41) is 12.8. The van der Waals surface area contributed by atoms with Crippen LogP contribution in [0.4, 0.5) is 11.8 Å². The Morgan fingerprint density at radius 2 is 2.40 bits per heavy atom. The number of aliphatic hydroxyl groups is 1. The molecule has 1 aromatic rings. The molecule has 0 amide bonds. The maximum Gasteiger partial charge on any atom is 0.222 e. The van der Waals surface area contributed by atoms with E-state index in [-0.39, 0.29) is 12.1 Å². The maximum absolute atomic E-state index is 9.33. The van der Waals surface area contributed by atoms with Crippen LogP contribution in [0.25, 0.3) is 0 Å². The minimum Gasteiger partial charge on any atom is -0.393 e. The zero-order valence-electron chi connectivity index (χ0n) is 8.57. The number of hydrogen-bond acceptors (Lipinski definition) is 5. The summed E-state index contributed by atoms with van der Waals surface area (Å²) in [6, 6.07) is 0. The fraction of sp³-hybridized carbons (Fsp3) is 0.556. The quantitative estimate of drug-likeness (QED) is 0.710. The van der Waals surface area contributed by atoms with Gasteiger partial charge >= 0.3 is 0 Å². The Bertz CT molecular complexity index is 321. The fourth-order valence-electron chi connectivity index (χ4n) is 1.07. The van der Waals surface area contributed by atoms with Crippen molar-refractivity contribution in [1.82, 2.24) is 9.97 Å². The molecule has 4 N–H and O–H groups in total. The minimum absolute atomic E-state index is 0.179. The highest BCUT2D eigenvalue weighted by molar-refractivity contribution is 6.32. The van der Waals surface area contributed by atoms with Crippen LogP contribution in [0.1, 0.15) is 19.8 Å². The van der Waals surface area contributed by atoms with Crippen molar-refractivity contribution in [3.8, 4) is 0 Å². The Balaban J connectivity index is 2.46. The zero-order chi connectivity index (χ0) is 11.3. The van der Waals surface area contributed by atoms with Crippen molar-refractivity contribution in [3.63, 3.8) is 0 Å². The molecule has 1 heterocycles. The number of nitrogens with zero attached hydrogens (tertiary/aromatic N) is 2. The highest BCUT2D eigenvalue weighted by Crippen LogP contribution is 2.18. The molecule has 0 saturated heterocycles. The van der Waals surface area contributed by atoms with Gasteiger partial charge in [0.25, 0.3) is 0 Å². The smallest absolute Gasteiger partial charge is 0.222 e. The molecule has 0 fully saturated rings. The van der Waals surface area contributed by atoms with E-state index in [0.717, 1.165) is 6.42 Å². The summed E-state index contributed by atoms with van der Waals surface area (Å²) in [7, 11) is 0. The molecule has 1 unspecified atom stereocenters. The van der Waals surface area contributed by atoms with Gasteiger partial charge < -0.3 is 16.2 Å². The van der Waals surface area contributed by atoms with Crippen LogP contribution in [0.3, 0.4) is 0 Å². The lowest BCUT2D eigenvalue weighted by atomic mass is 10.2. The molecule has 0 aromatic carbocycles. The maximum atomic E-state index is 9.33. The lowest BCUT2D eigenvalue weighted by Crippen LogP contribution is -2.13. The lowest BCUT2D eigenvalue weighted by molar-refractivity contribution is 0.164. The number of aromatic nitrogens is 2. The van der Waals surface area contributed by atoms with Crippen molar-refractivity contribution in [2.75, 3.05) is 17.6 Å². The van der Waals surface area contributed by atoms with Crippen LogP contribution >= 0.6 is 11.6 Å². The van der Waals surface area contributed by atoms with Crippen LogP contribution in [-0.4, -0.2) is 27.7 Å². The molecule has 0 aliphatic rings. The Morgan fingerprint density at radius 3 is 3.07 bits per heavy atom. The second kappa shape index (κ2) is 5.72. The number of hydrogen-bond donors (Lipinski definition) is 3. The van der Waals surface area contributed by atoms with Gasteiger partial charge in [-0.1, -0.05) is 18.5 Å². The van der Waals surface area contributed by atoms with Gasteiger partial charge in [-0.05, 0) is 12.8 Å². The average molecular weight is 231 g/mol. The van der Waals surface area contributed by atoms with Crippen LogP contribution in [0.5, 0.6) is 0 Å². The molecule has 0 radical (unpaired) electrons. The van der Waals surface area contributed by atoms with E-state index in [1.54, 1.807) is 0 Å². The van der Waals surface area contributed by atoms with Crippen LogP contribution in [0, 0.1) is 0 Å². The van der Waals surface area contributed by atoms with Crippen molar-refractivity contribution >= 4 is 23.4 Å². The predicted molar refractivity (Wildman–Crippen MR) is 60.9 cm³/mol. The molecule has 15 heavy (non-hydrogen) atoms. The third-order valence-corrected chi connectivity index (χ3v) is 2.28. The third-order valence-electron chi connectivity index (χ3n) is 2.00. The number of aliphatic hydroxyl groups excluding tert-OH is 1. The molecule has 0 aliphatic carbocycles. The summed E-state index contributed by atoms with van der Waals surface area (Å²) in [4.78, 5) is 7.68. The highest BCUT2D eigenvalue weighted by atomic mass is 35.5. The van der Waals surface area contributed by atoms with Gasteiger partial charge in [0.15, 0.2) is 0 Å². The number of anilines is 2. The van der Waals surface area contributed by atoms with E-state index in [0.29, 0.717) is 23.8 Å². The summed E-state index contributed by atoms with van der Waals surface area (Å²) >= 11 is 5.84. The van der Waals surface area contributed by atoms with Gasteiger partial charge in [0, 0.05) is 6.54 Å². The summed E-state index contributed by atoms with van der Waals surface area (Å²) in [5.74, 6) is 0.686. The molecule has 1 atom stereocenters. The van der Waals surface area contributed by atoms with Gasteiger partial charge in [0.05, 0.1) is 12.3 Å². The Hall–Kier alpha value is -1.07. The SMILES string of the molecule is CCC(O)CCNc1nc(N)ncc1Cl. The van der Waals surface area contributed by atoms with Gasteiger partial charge in [-0.25, -0.2) is 4.98 Å². The topological polar surface area (TPSA) is 84.1 Å². The Labute approximate surface area is 93.7 Å². The average Bonchev–Trinajstić information content (AvgIpc) is 2.23. The number of halogens is 1. The Kier molecular flexibility index (Phi) is 4.58. The van der Waals surface area contributed by atoms with E-state index in [1.165, 1.54) is 6.20 Å². The van der Waals surface area contributed by atoms with Crippen LogP contribution in [-0.2, 0) is 0 Å². The molecule has 84 valence electrons. The lowest BCUT2D eigenvalue weighted by Gasteiger charge is -2.10. The Morgan fingerprint density at radius 1 is 1.67 bits per heavy atom.